The van der Waals surface area contributed by atoms with Gasteiger partial charge in [-0.3, -0.25) is 0 Å². The summed E-state index contributed by atoms with van der Waals surface area (Å²) in [5.41, 5.74) is 0. The standard InChI is InChI=1S/C4Br2F6/c5-1(7)2(6,8)4(11,12)3(1,9)10/t1-,2-/m0/s1. The molecule has 8 heteroatoms. The number of halogens is 8. The molecule has 0 amide bonds. The van der Waals surface area contributed by atoms with E-state index in [1.807, 2.05) is 0 Å². The van der Waals surface area contributed by atoms with Crippen molar-refractivity contribution in [1.29, 1.82) is 0 Å². The zero-order valence-electron chi connectivity index (χ0n) is 5.02. The Kier molecular flexibility index (Phi) is 1.88. The van der Waals surface area contributed by atoms with Crippen molar-refractivity contribution in [2.75, 3.05) is 0 Å². The molecule has 0 N–H and O–H groups in total. The zero-order chi connectivity index (χ0) is 10.0. The predicted octanol–water partition coefficient (Wildman–Crippen LogP) is 3.39. The quantitative estimate of drug-likeness (QED) is 0.474. The Morgan fingerprint density at radius 1 is 0.583 bits per heavy atom. The molecular weight excluding hydrogens is 322 g/mol. The van der Waals surface area contributed by atoms with Gasteiger partial charge in [0.05, 0.1) is 0 Å². The van der Waals surface area contributed by atoms with Crippen molar-refractivity contribution in [3.63, 3.8) is 0 Å². The van der Waals surface area contributed by atoms with E-state index in [4.69, 9.17) is 0 Å². The van der Waals surface area contributed by atoms with Gasteiger partial charge in [-0.25, -0.2) is 8.78 Å². The van der Waals surface area contributed by atoms with E-state index in [-0.39, 0.29) is 0 Å². The van der Waals surface area contributed by atoms with E-state index >= 15 is 0 Å². The van der Waals surface area contributed by atoms with Gasteiger partial charge < -0.3 is 0 Å². The number of alkyl halides is 8. The van der Waals surface area contributed by atoms with Crippen molar-refractivity contribution >= 4 is 31.9 Å². The van der Waals surface area contributed by atoms with Crippen molar-refractivity contribution in [3.05, 3.63) is 0 Å². The Balaban J connectivity index is 3.16. The Morgan fingerprint density at radius 2 is 0.750 bits per heavy atom. The summed E-state index contributed by atoms with van der Waals surface area (Å²) < 4.78 is 65.5. The summed E-state index contributed by atoms with van der Waals surface area (Å²) in [5, 5.41) is 0. The summed E-state index contributed by atoms with van der Waals surface area (Å²) in [4.78, 5) is 0. The van der Waals surface area contributed by atoms with E-state index in [1.54, 1.807) is 31.9 Å². The van der Waals surface area contributed by atoms with Gasteiger partial charge in [-0.05, 0) is 31.9 Å². The molecule has 1 fully saturated rings. The average Bonchev–Trinajstić information content (AvgIpc) is 1.84. The Hall–Kier alpha value is 0.540. The molecule has 0 aromatic rings. The fraction of sp³-hybridized carbons (Fsp3) is 1.00. The van der Waals surface area contributed by atoms with Crippen LogP contribution in [0.15, 0.2) is 0 Å². The molecule has 0 aliphatic heterocycles. The molecule has 1 aliphatic rings. The fourth-order valence-electron chi connectivity index (χ4n) is 0.726. The molecule has 0 saturated heterocycles. The molecule has 0 spiro atoms. The van der Waals surface area contributed by atoms with E-state index in [2.05, 4.69) is 0 Å². The molecule has 0 nitrogen and oxygen atoms in total. The van der Waals surface area contributed by atoms with E-state index in [1.165, 1.54) is 0 Å². The molecular formula is C4Br2F6. The van der Waals surface area contributed by atoms with Crippen molar-refractivity contribution in [2.24, 2.45) is 0 Å². The maximum absolute atomic E-state index is 12.5. The first-order valence-electron chi connectivity index (χ1n) is 2.51. The SMILES string of the molecule is FC1(F)C(F)(F)[C@](F)(Br)[C@@]1(F)Br. The Morgan fingerprint density at radius 3 is 0.833 bits per heavy atom. The van der Waals surface area contributed by atoms with Gasteiger partial charge in [0.1, 0.15) is 0 Å². The monoisotopic (exact) mass is 320 g/mol. The van der Waals surface area contributed by atoms with Gasteiger partial charge in [0.25, 0.3) is 9.16 Å². The highest BCUT2D eigenvalue weighted by Crippen LogP contribution is 2.72. The fourth-order valence-corrected chi connectivity index (χ4v) is 1.72. The summed E-state index contributed by atoms with van der Waals surface area (Å²) in [6, 6.07) is 0. The van der Waals surface area contributed by atoms with Crippen LogP contribution in [-0.4, -0.2) is 21.0 Å². The van der Waals surface area contributed by atoms with Crippen molar-refractivity contribution in [2.45, 2.75) is 21.0 Å². The highest BCUT2D eigenvalue weighted by Gasteiger charge is 2.97. The summed E-state index contributed by atoms with van der Waals surface area (Å²) in [7, 11) is 0. The minimum absolute atomic E-state index is 1.56. The molecule has 1 saturated carbocycles. The molecule has 0 bridgehead atoms. The third-order valence-electron chi connectivity index (χ3n) is 1.58. The smallest absolute Gasteiger partial charge is 0.219 e. The van der Waals surface area contributed by atoms with Crippen LogP contribution in [0.2, 0.25) is 0 Å². The topological polar surface area (TPSA) is 0 Å². The maximum Gasteiger partial charge on any atom is 0.362 e. The van der Waals surface area contributed by atoms with E-state index in [0.717, 1.165) is 0 Å². The molecule has 72 valence electrons. The van der Waals surface area contributed by atoms with Crippen LogP contribution in [0, 0.1) is 0 Å². The minimum atomic E-state index is -5.06. The van der Waals surface area contributed by atoms with Gasteiger partial charge in [-0.2, -0.15) is 17.6 Å². The van der Waals surface area contributed by atoms with E-state index < -0.39 is 21.0 Å². The van der Waals surface area contributed by atoms with Crippen LogP contribution in [0.4, 0.5) is 26.3 Å². The van der Waals surface area contributed by atoms with Gasteiger partial charge in [0, 0.05) is 0 Å². The molecule has 0 radical (unpaired) electrons. The lowest BCUT2D eigenvalue weighted by Crippen LogP contribution is -2.81. The number of rotatable bonds is 0. The van der Waals surface area contributed by atoms with Gasteiger partial charge >= 0.3 is 11.8 Å². The lowest BCUT2D eigenvalue weighted by atomic mass is 9.84. The normalized spacial score (nSPS) is 50.0. The number of hydrogen-bond acceptors (Lipinski definition) is 0. The van der Waals surface area contributed by atoms with Crippen molar-refractivity contribution < 1.29 is 26.3 Å². The predicted molar refractivity (Wildman–Crippen MR) is 35.4 cm³/mol. The summed E-state index contributed by atoms with van der Waals surface area (Å²) in [6.45, 7) is 0. The van der Waals surface area contributed by atoms with Gasteiger partial charge in [0.15, 0.2) is 0 Å². The lowest BCUT2D eigenvalue weighted by molar-refractivity contribution is -0.373. The molecule has 1 rings (SSSR count). The third-order valence-corrected chi connectivity index (χ3v) is 4.20. The van der Waals surface area contributed by atoms with Crippen LogP contribution in [0.3, 0.4) is 0 Å². The number of hydrogen-bond donors (Lipinski definition) is 0. The Bertz CT molecular complexity index is 158. The first kappa shape index (κ1) is 10.6. The van der Waals surface area contributed by atoms with Crippen LogP contribution in [-0.2, 0) is 0 Å². The van der Waals surface area contributed by atoms with Gasteiger partial charge in [-0.15, -0.1) is 0 Å². The highest BCUT2D eigenvalue weighted by molar-refractivity contribution is 9.13. The summed E-state index contributed by atoms with van der Waals surface area (Å²) >= 11 is 3.13. The molecule has 12 heavy (non-hydrogen) atoms. The van der Waals surface area contributed by atoms with E-state index in [0.29, 0.717) is 0 Å². The van der Waals surface area contributed by atoms with Gasteiger partial charge in [-0.1, -0.05) is 0 Å². The molecule has 0 heterocycles. The average molecular weight is 322 g/mol. The second-order valence-corrected chi connectivity index (χ2v) is 4.48. The second-order valence-electron chi connectivity index (χ2n) is 2.30. The highest BCUT2D eigenvalue weighted by atomic mass is 79.9. The maximum atomic E-state index is 12.5. The van der Waals surface area contributed by atoms with Gasteiger partial charge in [0.2, 0.25) is 0 Å². The van der Waals surface area contributed by atoms with Crippen LogP contribution in [0.25, 0.3) is 0 Å². The Labute approximate surface area is 79.6 Å². The molecule has 2 atom stereocenters. The first-order chi connectivity index (χ1) is 5.00. The van der Waals surface area contributed by atoms with E-state index in [9.17, 15) is 26.3 Å². The van der Waals surface area contributed by atoms with Crippen molar-refractivity contribution in [1.82, 2.24) is 0 Å². The lowest BCUT2D eigenvalue weighted by Gasteiger charge is -2.52. The van der Waals surface area contributed by atoms with Crippen molar-refractivity contribution in [3.8, 4) is 0 Å². The third kappa shape index (κ3) is 0.718. The molecule has 0 aromatic carbocycles. The first-order valence-corrected chi connectivity index (χ1v) is 4.10. The van der Waals surface area contributed by atoms with Crippen LogP contribution < -0.4 is 0 Å². The van der Waals surface area contributed by atoms with Crippen LogP contribution >= 0.6 is 31.9 Å². The summed E-state index contributed by atoms with van der Waals surface area (Å²) in [6.07, 6.45) is 0. The molecule has 0 aromatic heterocycles. The van der Waals surface area contributed by atoms with Crippen LogP contribution in [0.1, 0.15) is 0 Å². The van der Waals surface area contributed by atoms with Crippen LogP contribution in [0.5, 0.6) is 0 Å². The largest absolute Gasteiger partial charge is 0.362 e. The summed E-state index contributed by atoms with van der Waals surface area (Å²) in [5.74, 6) is -10.1. The molecule has 0 unspecified atom stereocenters. The zero-order valence-corrected chi connectivity index (χ0v) is 8.20. The molecule has 1 aliphatic carbocycles. The second kappa shape index (κ2) is 2.13. The minimum Gasteiger partial charge on any atom is -0.219 e.